The Morgan fingerprint density at radius 1 is 0.326 bits per heavy atom. The van der Waals surface area contributed by atoms with Gasteiger partial charge in [0.05, 0.1) is 143 Å². The number of rotatable bonds is 54. The molecule has 0 radical (unpaired) electrons. The molecule has 3 atom stereocenters. The molecule has 2 aliphatic rings. The van der Waals surface area contributed by atoms with Crippen LogP contribution in [0.25, 0.3) is 0 Å². The Morgan fingerprint density at radius 3 is 1.01 bits per heavy atom. The van der Waals surface area contributed by atoms with E-state index < -0.39 is 12.2 Å². The van der Waals surface area contributed by atoms with Crippen molar-refractivity contribution in [2.24, 2.45) is 0 Å². The van der Waals surface area contributed by atoms with Crippen molar-refractivity contribution in [3.05, 3.63) is 24.8 Å². The van der Waals surface area contributed by atoms with Gasteiger partial charge in [-0.15, -0.1) is 0 Å². The van der Waals surface area contributed by atoms with Crippen molar-refractivity contribution in [3.8, 4) is 0 Å². The van der Waals surface area contributed by atoms with Crippen molar-refractivity contribution in [1.82, 2.24) is 49.0 Å². The van der Waals surface area contributed by atoms with Crippen LogP contribution >= 0.6 is 0 Å². The van der Waals surface area contributed by atoms with Crippen LogP contribution in [0.4, 0.5) is 0 Å². The predicted octanol–water partition coefficient (Wildman–Crippen LogP) is 3.60. The van der Waals surface area contributed by atoms with Crippen LogP contribution in [0.15, 0.2) is 24.8 Å². The minimum Gasteiger partial charge on any atom is -0.390 e. The number of ether oxygens (including phenoxy) is 11. The van der Waals surface area contributed by atoms with Gasteiger partial charge >= 0.3 is 0 Å². The fourth-order valence-corrected chi connectivity index (χ4v) is 10.9. The van der Waals surface area contributed by atoms with Crippen molar-refractivity contribution in [2.75, 3.05) is 304 Å². The van der Waals surface area contributed by atoms with E-state index in [0.717, 1.165) is 150 Å². The molecule has 23 heteroatoms. The maximum absolute atomic E-state index is 12.6. The summed E-state index contributed by atoms with van der Waals surface area (Å²) in [7, 11) is 5.01. The molecule has 2 rings (SSSR count). The fraction of sp³-hybridized carbons (Fsp3) is 0.939. The number of hydrogen-bond donors (Lipinski definition) is 2. The average Bonchev–Trinajstić information content (AvgIpc) is 3.73. The Labute approximate surface area is 543 Å². The first-order valence-corrected chi connectivity index (χ1v) is 34.7. The molecule has 2 aliphatic heterocycles. The highest BCUT2D eigenvalue weighted by atomic mass is 16.6. The van der Waals surface area contributed by atoms with Crippen molar-refractivity contribution in [3.63, 3.8) is 0 Å². The smallest absolute Gasteiger partial charge is 0.0841 e. The van der Waals surface area contributed by atoms with E-state index in [1.165, 1.54) is 0 Å². The van der Waals surface area contributed by atoms with E-state index in [0.29, 0.717) is 165 Å². The SMILES string of the molecule is CCCOCCOCC(COCCOCCOC)N(CCN(CC(O)CN1/C=C\N(CC)CCN(CCC)CCN(CCC)CC1)C(COCCOCCOC)COCCOCCOC)CC(O)CN1CCN(CC)/C=C\N(CCC)CCN(CCC)CC1. The molecular formula is C66H136N10O13. The maximum Gasteiger partial charge on any atom is 0.0841 e. The minimum absolute atomic E-state index is 0.242. The summed E-state index contributed by atoms with van der Waals surface area (Å²) in [6.45, 7) is 43.8. The molecule has 89 heavy (non-hydrogen) atoms. The third-order valence-electron chi connectivity index (χ3n) is 16.1. The van der Waals surface area contributed by atoms with Crippen LogP contribution in [-0.2, 0) is 52.1 Å². The van der Waals surface area contributed by atoms with Crippen molar-refractivity contribution < 1.29 is 62.3 Å². The van der Waals surface area contributed by atoms with E-state index in [1.807, 2.05) is 0 Å². The Balaban J connectivity index is 2.72. The summed E-state index contributed by atoms with van der Waals surface area (Å²) in [4.78, 5) is 24.5. The lowest BCUT2D eigenvalue weighted by atomic mass is 10.1. The minimum atomic E-state index is -0.740. The summed E-state index contributed by atoms with van der Waals surface area (Å²) in [5.41, 5.74) is 0. The second kappa shape index (κ2) is 58.5. The number of likely N-dealkylation sites (N-methyl/N-ethyl adjacent to an activating group) is 2. The molecule has 0 aromatic heterocycles. The largest absolute Gasteiger partial charge is 0.390 e. The molecule has 0 aromatic rings. The highest BCUT2D eigenvalue weighted by Crippen LogP contribution is 2.14. The van der Waals surface area contributed by atoms with Gasteiger partial charge in [0.25, 0.3) is 0 Å². The molecule has 3 unspecified atom stereocenters. The lowest BCUT2D eigenvalue weighted by Crippen LogP contribution is -2.54. The first-order valence-electron chi connectivity index (χ1n) is 34.7. The molecule has 0 amide bonds. The molecule has 0 saturated carbocycles. The van der Waals surface area contributed by atoms with Crippen LogP contribution in [-0.4, -0.2) is 387 Å². The summed E-state index contributed by atoms with van der Waals surface area (Å²) in [6, 6.07) is -0.505. The van der Waals surface area contributed by atoms with E-state index in [2.05, 4.69) is 122 Å². The summed E-state index contributed by atoms with van der Waals surface area (Å²) in [5, 5.41) is 25.2. The zero-order valence-electron chi connectivity index (χ0n) is 58.4. The molecule has 23 nitrogen and oxygen atoms in total. The lowest BCUT2D eigenvalue weighted by Gasteiger charge is -2.39. The van der Waals surface area contributed by atoms with Gasteiger partial charge in [-0.3, -0.25) is 14.7 Å². The van der Waals surface area contributed by atoms with Gasteiger partial charge in [-0.25, -0.2) is 0 Å². The Morgan fingerprint density at radius 2 is 0.629 bits per heavy atom. The van der Waals surface area contributed by atoms with Crippen molar-refractivity contribution in [1.29, 1.82) is 0 Å². The Bertz CT molecular complexity index is 1580. The summed E-state index contributed by atoms with van der Waals surface area (Å²) < 4.78 is 65.0. The summed E-state index contributed by atoms with van der Waals surface area (Å²) in [6.07, 6.45) is 12.9. The van der Waals surface area contributed by atoms with Gasteiger partial charge in [-0.05, 0) is 65.6 Å². The third-order valence-corrected chi connectivity index (χ3v) is 16.1. The standard InChI is InChI=1S/C66H136N10O13/c1-11-18-69-26-22-67(16-6)24-34-73(36-32-71(20-13-3)30-28-69)55-65(77)57-75(63(59-86-51-47-82-40-15-5)60-87-52-48-83-44-41-79-8)38-39-76(64(61-88-53-49-84-45-42-80-9)62-89-54-50-85-46-43-81-10)58-66(78)56-74-35-25-68(17-7)23-27-70(19-12-2)29-31-72(21-14-4)33-37-74/h22,25-26,35,63-66,77-78H,11-21,23-24,27-34,36-62H2,1-10H3/b26-22-,35-25-. The van der Waals surface area contributed by atoms with Gasteiger partial charge in [0.1, 0.15) is 0 Å². The molecule has 0 aliphatic carbocycles. The molecule has 0 saturated heterocycles. The first-order chi connectivity index (χ1) is 43.6. The van der Waals surface area contributed by atoms with Crippen LogP contribution in [0.2, 0.25) is 0 Å². The zero-order chi connectivity index (χ0) is 64.6. The second-order valence-corrected chi connectivity index (χ2v) is 23.5. The highest BCUT2D eigenvalue weighted by molar-refractivity contribution is 4.89. The van der Waals surface area contributed by atoms with E-state index in [4.69, 9.17) is 52.1 Å². The summed E-state index contributed by atoms with van der Waals surface area (Å²) >= 11 is 0. The number of nitrogens with zero attached hydrogens (tertiary/aromatic N) is 10. The topological polar surface area (TPSA) is 174 Å². The Hall–Kier alpha value is -2.08. The maximum atomic E-state index is 12.6. The first kappa shape index (κ1) is 83.0. The number of β-amino-alcohol motifs (C(OH)–C–C–N with tert-alkyl or cyclic N) is 2. The van der Waals surface area contributed by atoms with E-state index >= 15 is 0 Å². The molecule has 0 bridgehead atoms. The van der Waals surface area contributed by atoms with E-state index in [1.54, 1.807) is 21.3 Å². The third kappa shape index (κ3) is 43.5. The predicted molar refractivity (Wildman–Crippen MR) is 358 cm³/mol. The van der Waals surface area contributed by atoms with Gasteiger partial charge in [0, 0.05) is 190 Å². The Kier molecular flexibility index (Phi) is 54.6. The molecule has 2 heterocycles. The quantitative estimate of drug-likeness (QED) is 0.0846. The van der Waals surface area contributed by atoms with Crippen LogP contribution in [0.3, 0.4) is 0 Å². The highest BCUT2D eigenvalue weighted by Gasteiger charge is 2.29. The molecule has 2 N–H and O–H groups in total. The average molecular weight is 1280 g/mol. The van der Waals surface area contributed by atoms with Gasteiger partial charge in [0.2, 0.25) is 0 Å². The fourth-order valence-electron chi connectivity index (χ4n) is 10.9. The molecule has 0 fully saturated rings. The number of aliphatic hydroxyl groups is 2. The van der Waals surface area contributed by atoms with Crippen molar-refractivity contribution >= 4 is 0 Å². The van der Waals surface area contributed by atoms with Crippen LogP contribution in [0.1, 0.15) is 80.6 Å². The molecule has 0 aromatic carbocycles. The lowest BCUT2D eigenvalue weighted by molar-refractivity contribution is -0.0535. The molecule has 0 spiro atoms. The zero-order valence-corrected chi connectivity index (χ0v) is 58.4. The van der Waals surface area contributed by atoms with E-state index in [9.17, 15) is 10.2 Å². The number of aliphatic hydroxyl groups excluding tert-OH is 2. The van der Waals surface area contributed by atoms with Crippen LogP contribution in [0.5, 0.6) is 0 Å². The van der Waals surface area contributed by atoms with Gasteiger partial charge < -0.3 is 96.6 Å². The van der Waals surface area contributed by atoms with Gasteiger partial charge in [-0.1, -0.05) is 34.6 Å². The molecule has 528 valence electrons. The molecular weight excluding hydrogens is 1140 g/mol. The van der Waals surface area contributed by atoms with Gasteiger partial charge in [-0.2, -0.15) is 0 Å². The summed E-state index contributed by atoms with van der Waals surface area (Å²) in [5.74, 6) is 0. The van der Waals surface area contributed by atoms with E-state index in [-0.39, 0.29) is 12.1 Å². The number of hydrogen-bond acceptors (Lipinski definition) is 23. The van der Waals surface area contributed by atoms with Crippen LogP contribution in [0, 0.1) is 0 Å². The van der Waals surface area contributed by atoms with Gasteiger partial charge in [0.15, 0.2) is 0 Å². The number of methoxy groups -OCH3 is 3. The second-order valence-electron chi connectivity index (χ2n) is 23.5. The monoisotopic (exact) mass is 1280 g/mol. The van der Waals surface area contributed by atoms with Crippen LogP contribution < -0.4 is 0 Å². The normalized spacial score (nSPS) is 18.2. The van der Waals surface area contributed by atoms with Crippen molar-refractivity contribution in [2.45, 2.75) is 105 Å².